The molecule has 4 atom stereocenters. The van der Waals surface area contributed by atoms with E-state index >= 15 is 0 Å². The van der Waals surface area contributed by atoms with Crippen molar-refractivity contribution in [3.63, 3.8) is 0 Å². The molecule has 1 aromatic carbocycles. The molecule has 0 radical (unpaired) electrons. The van der Waals surface area contributed by atoms with Gasteiger partial charge in [-0.1, -0.05) is 12.1 Å². The lowest BCUT2D eigenvalue weighted by Gasteiger charge is -2.39. The summed E-state index contributed by atoms with van der Waals surface area (Å²) in [6, 6.07) is 6.58. The largest absolute Gasteiger partial charge is 0.550 e. The van der Waals surface area contributed by atoms with Crippen LogP contribution in [0.1, 0.15) is 12.8 Å². The average Bonchev–Trinajstić information content (AvgIpc) is 3.23. The van der Waals surface area contributed by atoms with Crippen LogP contribution in [0.15, 0.2) is 24.3 Å². The first-order chi connectivity index (χ1) is 12.1. The molecule has 3 aliphatic heterocycles. The predicted octanol–water partition coefficient (Wildman–Crippen LogP) is 0.0178. The molecule has 3 heterocycles. The Labute approximate surface area is 145 Å². The standard InChI is InChI=1S/C18H21FN2O4/c19-11-3-1-2-4-12(11)20-7-9-21(10-8-20)17(22)15-13-5-6-14(25-13)16(15)18(23)24/h1-4,13-16H,5-10H2,(H,23,24)/p-1/t13-,14+,15+,16-/m1/s1. The fraction of sp³-hybridized carbons (Fsp3) is 0.556. The van der Waals surface area contributed by atoms with E-state index in [1.165, 1.54) is 6.07 Å². The Kier molecular flexibility index (Phi) is 4.11. The highest BCUT2D eigenvalue weighted by Gasteiger charge is 2.53. The van der Waals surface area contributed by atoms with Crippen LogP contribution in [0.5, 0.6) is 0 Å². The number of fused-ring (bicyclic) bond motifs is 2. The molecule has 1 aromatic rings. The Hall–Kier alpha value is -2.15. The SMILES string of the molecule is O=C([O-])[C@H]1[C@@H](C(=O)N2CCN(c3ccccc3F)CC2)[C@H]2CC[C@@H]1O2. The number of carboxylic acid groups (broad SMARTS) is 1. The average molecular weight is 347 g/mol. The van der Waals surface area contributed by atoms with Gasteiger partial charge in [-0.15, -0.1) is 0 Å². The zero-order valence-electron chi connectivity index (χ0n) is 13.8. The minimum absolute atomic E-state index is 0.172. The number of halogens is 1. The molecular formula is C18H20FN2O4-. The molecule has 3 fully saturated rings. The minimum atomic E-state index is -1.20. The van der Waals surface area contributed by atoms with Gasteiger partial charge >= 0.3 is 0 Å². The first-order valence-corrected chi connectivity index (χ1v) is 8.71. The number of hydrogen-bond acceptors (Lipinski definition) is 5. The van der Waals surface area contributed by atoms with Gasteiger partial charge in [-0.25, -0.2) is 4.39 Å². The van der Waals surface area contributed by atoms with Crippen molar-refractivity contribution in [2.75, 3.05) is 31.1 Å². The Morgan fingerprint density at radius 3 is 2.32 bits per heavy atom. The third-order valence-corrected chi connectivity index (χ3v) is 5.62. The number of amides is 1. The molecule has 2 bridgehead atoms. The van der Waals surface area contributed by atoms with Gasteiger partial charge in [0.15, 0.2) is 0 Å². The van der Waals surface area contributed by atoms with Crippen molar-refractivity contribution in [1.29, 1.82) is 0 Å². The van der Waals surface area contributed by atoms with Gasteiger partial charge in [0.05, 0.1) is 23.8 Å². The molecule has 3 aliphatic rings. The van der Waals surface area contributed by atoms with Crippen LogP contribution in [-0.4, -0.2) is 55.2 Å². The van der Waals surface area contributed by atoms with Crippen LogP contribution >= 0.6 is 0 Å². The van der Waals surface area contributed by atoms with Gasteiger partial charge in [-0.3, -0.25) is 4.79 Å². The molecule has 0 saturated carbocycles. The smallest absolute Gasteiger partial charge is 0.229 e. The predicted molar refractivity (Wildman–Crippen MR) is 85.1 cm³/mol. The van der Waals surface area contributed by atoms with Crippen molar-refractivity contribution in [2.45, 2.75) is 25.0 Å². The zero-order chi connectivity index (χ0) is 17.6. The first-order valence-electron chi connectivity index (χ1n) is 8.71. The number of piperazine rings is 1. The van der Waals surface area contributed by atoms with Gasteiger partial charge < -0.3 is 24.4 Å². The Morgan fingerprint density at radius 2 is 1.68 bits per heavy atom. The molecule has 0 N–H and O–H groups in total. The van der Waals surface area contributed by atoms with E-state index < -0.39 is 23.9 Å². The Bertz CT molecular complexity index is 689. The van der Waals surface area contributed by atoms with E-state index in [4.69, 9.17) is 4.74 Å². The quantitative estimate of drug-likeness (QED) is 0.771. The normalized spacial score (nSPS) is 31.4. The summed E-state index contributed by atoms with van der Waals surface area (Å²) in [5.41, 5.74) is 0.533. The van der Waals surface area contributed by atoms with Crippen molar-refractivity contribution in [1.82, 2.24) is 4.90 Å². The van der Waals surface area contributed by atoms with Gasteiger partial charge in [0, 0.05) is 38.1 Å². The summed E-state index contributed by atoms with van der Waals surface area (Å²) in [5, 5.41) is 11.5. The number of ether oxygens (including phenoxy) is 1. The Balaban J connectivity index is 1.43. The maximum absolute atomic E-state index is 13.9. The van der Waals surface area contributed by atoms with E-state index in [0.29, 0.717) is 38.3 Å². The molecule has 4 rings (SSSR count). The molecule has 0 aromatic heterocycles. The van der Waals surface area contributed by atoms with Crippen LogP contribution < -0.4 is 10.0 Å². The molecule has 7 heteroatoms. The van der Waals surface area contributed by atoms with Crippen LogP contribution in [0.4, 0.5) is 10.1 Å². The summed E-state index contributed by atoms with van der Waals surface area (Å²) in [7, 11) is 0. The van der Waals surface area contributed by atoms with Gasteiger partial charge in [0.2, 0.25) is 5.91 Å². The van der Waals surface area contributed by atoms with Crippen molar-refractivity contribution in [3.8, 4) is 0 Å². The van der Waals surface area contributed by atoms with Crippen LogP contribution in [-0.2, 0) is 14.3 Å². The van der Waals surface area contributed by atoms with Gasteiger partial charge in [-0.05, 0) is 25.0 Å². The molecule has 25 heavy (non-hydrogen) atoms. The molecule has 0 spiro atoms. The number of rotatable bonds is 3. The van der Waals surface area contributed by atoms with Crippen molar-refractivity contribution in [2.24, 2.45) is 11.8 Å². The number of aliphatic carboxylic acids is 1. The van der Waals surface area contributed by atoms with Crippen molar-refractivity contribution in [3.05, 3.63) is 30.1 Å². The lowest BCUT2D eigenvalue weighted by atomic mass is 9.78. The number of anilines is 1. The molecule has 1 amide bonds. The van der Waals surface area contributed by atoms with Crippen LogP contribution in [0, 0.1) is 17.7 Å². The molecule has 3 saturated heterocycles. The van der Waals surface area contributed by atoms with Gasteiger partial charge in [0.25, 0.3) is 0 Å². The van der Waals surface area contributed by atoms with E-state index in [0.717, 1.165) is 6.42 Å². The van der Waals surface area contributed by atoms with E-state index in [9.17, 15) is 19.1 Å². The third-order valence-electron chi connectivity index (χ3n) is 5.62. The van der Waals surface area contributed by atoms with E-state index in [-0.39, 0.29) is 17.8 Å². The maximum atomic E-state index is 13.9. The van der Waals surface area contributed by atoms with Crippen molar-refractivity contribution >= 4 is 17.6 Å². The third kappa shape index (κ3) is 2.76. The number of para-hydroxylation sites is 1. The molecule has 6 nitrogen and oxygen atoms in total. The number of carbonyl (C=O) groups excluding carboxylic acids is 2. The number of hydrogen-bond donors (Lipinski definition) is 0. The zero-order valence-corrected chi connectivity index (χ0v) is 13.8. The summed E-state index contributed by atoms with van der Waals surface area (Å²) in [5.74, 6) is -3.15. The maximum Gasteiger partial charge on any atom is 0.229 e. The van der Waals surface area contributed by atoms with Crippen LogP contribution in [0.3, 0.4) is 0 Å². The van der Waals surface area contributed by atoms with Crippen molar-refractivity contribution < 1.29 is 23.8 Å². The lowest BCUT2D eigenvalue weighted by molar-refractivity contribution is -0.314. The highest BCUT2D eigenvalue weighted by atomic mass is 19.1. The van der Waals surface area contributed by atoms with E-state index in [2.05, 4.69) is 0 Å². The second kappa shape index (κ2) is 6.29. The second-order valence-corrected chi connectivity index (χ2v) is 6.92. The fourth-order valence-corrected chi connectivity index (χ4v) is 4.38. The van der Waals surface area contributed by atoms with Gasteiger partial charge in [-0.2, -0.15) is 0 Å². The molecule has 0 unspecified atom stereocenters. The monoisotopic (exact) mass is 347 g/mol. The van der Waals surface area contributed by atoms with Crippen LogP contribution in [0.2, 0.25) is 0 Å². The highest BCUT2D eigenvalue weighted by Crippen LogP contribution is 2.44. The van der Waals surface area contributed by atoms with E-state index in [1.807, 2.05) is 4.90 Å². The minimum Gasteiger partial charge on any atom is -0.550 e. The summed E-state index contributed by atoms with van der Waals surface area (Å²) < 4.78 is 19.6. The fourth-order valence-electron chi connectivity index (χ4n) is 4.38. The summed E-state index contributed by atoms with van der Waals surface area (Å²) in [6.45, 7) is 1.93. The summed E-state index contributed by atoms with van der Waals surface area (Å²) in [4.78, 5) is 27.9. The Morgan fingerprint density at radius 1 is 1.04 bits per heavy atom. The number of carbonyl (C=O) groups is 2. The van der Waals surface area contributed by atoms with Gasteiger partial charge in [0.1, 0.15) is 5.82 Å². The molecule has 134 valence electrons. The molecular weight excluding hydrogens is 327 g/mol. The number of carboxylic acids is 1. The second-order valence-electron chi connectivity index (χ2n) is 6.92. The molecule has 0 aliphatic carbocycles. The van der Waals surface area contributed by atoms with E-state index in [1.54, 1.807) is 23.1 Å². The van der Waals surface area contributed by atoms with Crippen LogP contribution in [0.25, 0.3) is 0 Å². The lowest BCUT2D eigenvalue weighted by Crippen LogP contribution is -2.54. The summed E-state index contributed by atoms with van der Waals surface area (Å²) in [6.07, 6.45) is 0.683. The highest BCUT2D eigenvalue weighted by molar-refractivity contribution is 5.86. The number of benzene rings is 1. The first kappa shape index (κ1) is 16.3. The topological polar surface area (TPSA) is 72.9 Å². The summed E-state index contributed by atoms with van der Waals surface area (Å²) >= 11 is 0. The number of nitrogens with zero attached hydrogens (tertiary/aromatic N) is 2.